The van der Waals surface area contributed by atoms with Crippen molar-refractivity contribution in [2.45, 2.75) is 13.8 Å². The molecule has 0 N–H and O–H groups in total. The van der Waals surface area contributed by atoms with E-state index in [-0.39, 0.29) is 18.0 Å². The number of aryl methyl sites for hydroxylation is 1. The van der Waals surface area contributed by atoms with Crippen LogP contribution in [0.25, 0.3) is 5.69 Å². The Hall–Kier alpha value is -2.63. The van der Waals surface area contributed by atoms with E-state index in [4.69, 9.17) is 4.74 Å². The Bertz CT molecular complexity index is 661. The molecule has 0 bridgehead atoms. The number of carbonyl (C=O) groups excluding carboxylic acids is 1. The minimum Gasteiger partial charge on any atom is -0.461 e. The van der Waals surface area contributed by atoms with Crippen LogP contribution in [0, 0.1) is 17.0 Å². The highest BCUT2D eigenvalue weighted by Crippen LogP contribution is 2.26. The third kappa shape index (κ3) is 2.54. The Labute approximate surface area is 115 Å². The lowest BCUT2D eigenvalue weighted by Crippen LogP contribution is -2.11. The summed E-state index contributed by atoms with van der Waals surface area (Å²) in [6.45, 7) is 3.73. The number of ether oxygens (including phenoxy) is 1. The number of carbonyl (C=O) groups is 1. The maximum absolute atomic E-state index is 11.8. The molecule has 0 fully saturated rings. The molecule has 0 aliphatic rings. The summed E-state index contributed by atoms with van der Waals surface area (Å²) in [5, 5.41) is 11.2. The zero-order valence-corrected chi connectivity index (χ0v) is 11.2. The van der Waals surface area contributed by atoms with Gasteiger partial charge in [-0.1, -0.05) is 6.07 Å². The van der Waals surface area contributed by atoms with Crippen LogP contribution in [0.5, 0.6) is 0 Å². The minimum atomic E-state index is -0.507. The smallest absolute Gasteiger partial charge is 0.355 e. The molecule has 0 aliphatic heterocycles. The average molecular weight is 274 g/mol. The summed E-state index contributed by atoms with van der Waals surface area (Å²) in [6, 6.07) is 8.08. The molecule has 2 rings (SSSR count). The Kier molecular flexibility index (Phi) is 3.84. The molecule has 1 aromatic carbocycles. The number of nitrogens with zero attached hydrogens (tertiary/aromatic N) is 2. The molecule has 0 amide bonds. The third-order valence-corrected chi connectivity index (χ3v) is 2.82. The first-order valence-corrected chi connectivity index (χ1v) is 6.14. The van der Waals surface area contributed by atoms with Crippen molar-refractivity contribution in [2.75, 3.05) is 6.61 Å². The number of nitro groups is 1. The van der Waals surface area contributed by atoms with Crippen molar-refractivity contribution in [1.29, 1.82) is 0 Å². The normalized spacial score (nSPS) is 10.3. The topological polar surface area (TPSA) is 74.4 Å². The molecule has 0 aliphatic carbocycles. The second-order valence-corrected chi connectivity index (χ2v) is 4.23. The summed E-state index contributed by atoms with van der Waals surface area (Å²) in [5.41, 5.74) is 1.34. The first-order valence-electron chi connectivity index (χ1n) is 6.14. The highest BCUT2D eigenvalue weighted by molar-refractivity contribution is 5.88. The van der Waals surface area contributed by atoms with Gasteiger partial charge >= 0.3 is 5.97 Å². The Morgan fingerprint density at radius 3 is 2.80 bits per heavy atom. The number of hydrogen-bond donors (Lipinski definition) is 0. The van der Waals surface area contributed by atoms with Crippen molar-refractivity contribution in [2.24, 2.45) is 0 Å². The largest absolute Gasteiger partial charge is 0.461 e. The van der Waals surface area contributed by atoms with Gasteiger partial charge in [-0.25, -0.2) is 4.79 Å². The van der Waals surface area contributed by atoms with Gasteiger partial charge in [0.25, 0.3) is 5.69 Å². The van der Waals surface area contributed by atoms with Gasteiger partial charge in [-0.15, -0.1) is 0 Å². The molecular weight excluding hydrogens is 260 g/mol. The second-order valence-electron chi connectivity index (χ2n) is 4.23. The van der Waals surface area contributed by atoms with Gasteiger partial charge in [0.2, 0.25) is 0 Å². The molecule has 2 aromatic rings. The van der Waals surface area contributed by atoms with Gasteiger partial charge in [-0.3, -0.25) is 10.1 Å². The first kappa shape index (κ1) is 13.8. The Balaban J connectivity index is 2.55. The number of nitro benzene ring substituents is 1. The lowest BCUT2D eigenvalue weighted by molar-refractivity contribution is -0.384. The fourth-order valence-corrected chi connectivity index (χ4v) is 1.95. The molecule has 6 nitrogen and oxygen atoms in total. The number of esters is 1. The molecule has 0 radical (unpaired) electrons. The highest BCUT2D eigenvalue weighted by atomic mass is 16.6. The van der Waals surface area contributed by atoms with Crippen LogP contribution in [0.2, 0.25) is 0 Å². The SMILES string of the molecule is CCOC(=O)c1cccn1-c1ccc(C)cc1[N+](=O)[O-]. The number of aromatic nitrogens is 1. The summed E-state index contributed by atoms with van der Waals surface area (Å²) >= 11 is 0. The molecule has 0 saturated carbocycles. The van der Waals surface area contributed by atoms with Gasteiger partial charge in [0, 0.05) is 12.3 Å². The molecular formula is C14H14N2O4. The van der Waals surface area contributed by atoms with Gasteiger partial charge in [0.15, 0.2) is 0 Å². The van der Waals surface area contributed by atoms with Crippen molar-refractivity contribution in [3.63, 3.8) is 0 Å². The van der Waals surface area contributed by atoms with E-state index in [0.717, 1.165) is 5.56 Å². The number of hydrogen-bond acceptors (Lipinski definition) is 4. The molecule has 0 spiro atoms. The van der Waals surface area contributed by atoms with Crippen LogP contribution in [0.1, 0.15) is 23.0 Å². The molecule has 0 unspecified atom stereocenters. The van der Waals surface area contributed by atoms with Gasteiger partial charge in [0.1, 0.15) is 11.4 Å². The van der Waals surface area contributed by atoms with E-state index in [9.17, 15) is 14.9 Å². The van der Waals surface area contributed by atoms with Gasteiger partial charge < -0.3 is 9.30 Å². The molecule has 0 saturated heterocycles. The summed E-state index contributed by atoms with van der Waals surface area (Å²) in [5.74, 6) is -0.507. The van der Waals surface area contributed by atoms with E-state index in [0.29, 0.717) is 5.69 Å². The van der Waals surface area contributed by atoms with E-state index in [1.165, 1.54) is 10.6 Å². The lowest BCUT2D eigenvalue weighted by Gasteiger charge is -2.09. The zero-order chi connectivity index (χ0) is 14.7. The first-order chi connectivity index (χ1) is 9.54. The third-order valence-electron chi connectivity index (χ3n) is 2.82. The standard InChI is InChI=1S/C14H14N2O4/c1-3-20-14(17)12-5-4-8-15(12)11-7-6-10(2)9-13(11)16(18)19/h4-9H,3H2,1-2H3. The molecule has 0 atom stereocenters. The fourth-order valence-electron chi connectivity index (χ4n) is 1.95. The van der Waals surface area contributed by atoms with Crippen molar-refractivity contribution in [3.05, 3.63) is 57.9 Å². The van der Waals surface area contributed by atoms with E-state index in [2.05, 4.69) is 0 Å². The van der Waals surface area contributed by atoms with Crippen molar-refractivity contribution in [3.8, 4) is 5.69 Å². The van der Waals surface area contributed by atoms with Crippen LogP contribution >= 0.6 is 0 Å². The van der Waals surface area contributed by atoms with E-state index in [1.807, 2.05) is 0 Å². The molecule has 1 heterocycles. The molecule has 1 aromatic heterocycles. The molecule has 6 heteroatoms. The van der Waals surface area contributed by atoms with E-state index in [1.54, 1.807) is 44.3 Å². The van der Waals surface area contributed by atoms with Crippen LogP contribution in [0.4, 0.5) is 5.69 Å². The van der Waals surface area contributed by atoms with Crippen LogP contribution in [0.15, 0.2) is 36.5 Å². The maximum atomic E-state index is 11.8. The second kappa shape index (κ2) is 5.56. The van der Waals surface area contributed by atoms with Crippen molar-refractivity contribution in [1.82, 2.24) is 4.57 Å². The zero-order valence-electron chi connectivity index (χ0n) is 11.2. The summed E-state index contributed by atoms with van der Waals surface area (Å²) in [7, 11) is 0. The summed E-state index contributed by atoms with van der Waals surface area (Å²) < 4.78 is 6.41. The van der Waals surface area contributed by atoms with Gasteiger partial charge in [-0.05, 0) is 37.6 Å². The summed E-state index contributed by atoms with van der Waals surface area (Å²) in [4.78, 5) is 22.5. The number of benzene rings is 1. The van der Waals surface area contributed by atoms with Crippen molar-refractivity contribution < 1.29 is 14.5 Å². The van der Waals surface area contributed by atoms with E-state index >= 15 is 0 Å². The minimum absolute atomic E-state index is 0.0493. The van der Waals surface area contributed by atoms with Crippen LogP contribution in [0.3, 0.4) is 0 Å². The number of rotatable bonds is 4. The average Bonchev–Trinajstić information content (AvgIpc) is 2.88. The lowest BCUT2D eigenvalue weighted by atomic mass is 10.2. The molecule has 20 heavy (non-hydrogen) atoms. The Morgan fingerprint density at radius 1 is 1.40 bits per heavy atom. The van der Waals surface area contributed by atoms with Crippen LogP contribution in [-0.4, -0.2) is 22.1 Å². The molecule has 104 valence electrons. The Morgan fingerprint density at radius 2 is 2.15 bits per heavy atom. The predicted molar refractivity (Wildman–Crippen MR) is 73.1 cm³/mol. The predicted octanol–water partition coefficient (Wildman–Crippen LogP) is 2.87. The summed E-state index contributed by atoms with van der Waals surface area (Å²) in [6.07, 6.45) is 1.60. The quantitative estimate of drug-likeness (QED) is 0.488. The van der Waals surface area contributed by atoms with Gasteiger partial charge in [0.05, 0.1) is 11.5 Å². The van der Waals surface area contributed by atoms with Crippen molar-refractivity contribution >= 4 is 11.7 Å². The van der Waals surface area contributed by atoms with Crippen LogP contribution < -0.4 is 0 Å². The van der Waals surface area contributed by atoms with Crippen LogP contribution in [-0.2, 0) is 4.74 Å². The maximum Gasteiger partial charge on any atom is 0.355 e. The monoisotopic (exact) mass is 274 g/mol. The van der Waals surface area contributed by atoms with Gasteiger partial charge in [-0.2, -0.15) is 0 Å². The highest BCUT2D eigenvalue weighted by Gasteiger charge is 2.20. The van der Waals surface area contributed by atoms with E-state index < -0.39 is 10.9 Å². The fraction of sp³-hybridized carbons (Fsp3) is 0.214.